The van der Waals surface area contributed by atoms with Crippen LogP contribution < -0.4 is 5.32 Å². The number of halogens is 4. The van der Waals surface area contributed by atoms with Crippen molar-refractivity contribution in [1.82, 2.24) is 10.3 Å². The minimum Gasteiger partial charge on any atom is -0.306 e. The molecule has 0 saturated carbocycles. The number of aromatic nitrogens is 1. The second-order valence-corrected chi connectivity index (χ2v) is 5.14. The zero-order valence-electron chi connectivity index (χ0n) is 10.5. The van der Waals surface area contributed by atoms with Crippen LogP contribution in [-0.4, -0.2) is 11.5 Å². The number of thiazole rings is 1. The van der Waals surface area contributed by atoms with Crippen LogP contribution in [0.25, 0.3) is 0 Å². The molecule has 1 N–H and O–H groups in total. The van der Waals surface area contributed by atoms with Crippen LogP contribution in [0.5, 0.6) is 0 Å². The first-order valence-electron chi connectivity index (χ1n) is 5.94. The van der Waals surface area contributed by atoms with Crippen molar-refractivity contribution in [3.8, 4) is 0 Å². The first-order valence-corrected chi connectivity index (χ1v) is 6.76. The van der Waals surface area contributed by atoms with E-state index in [0.717, 1.165) is 6.20 Å². The lowest BCUT2D eigenvalue weighted by Gasteiger charge is -2.17. The Kier molecular flexibility index (Phi) is 4.39. The fraction of sp³-hybridized carbons (Fsp3) is 0.308. The SMILES string of the molecule is CCNC(c1cnc(C(F)(F)F)s1)c1ccccc1F. The molecule has 1 aromatic carbocycles. The van der Waals surface area contributed by atoms with Crippen LogP contribution in [0.3, 0.4) is 0 Å². The number of hydrogen-bond acceptors (Lipinski definition) is 3. The van der Waals surface area contributed by atoms with Crippen molar-refractivity contribution in [3.63, 3.8) is 0 Å². The molecule has 108 valence electrons. The van der Waals surface area contributed by atoms with E-state index in [2.05, 4.69) is 10.3 Å². The summed E-state index contributed by atoms with van der Waals surface area (Å²) in [5.41, 5.74) is 0.312. The summed E-state index contributed by atoms with van der Waals surface area (Å²) < 4.78 is 51.6. The number of hydrogen-bond donors (Lipinski definition) is 1. The van der Waals surface area contributed by atoms with Crippen molar-refractivity contribution < 1.29 is 17.6 Å². The lowest BCUT2D eigenvalue weighted by molar-refractivity contribution is -0.137. The molecule has 7 heteroatoms. The molecule has 1 aromatic heterocycles. The molecule has 2 rings (SSSR count). The topological polar surface area (TPSA) is 24.9 Å². The first kappa shape index (κ1) is 14.9. The van der Waals surface area contributed by atoms with Gasteiger partial charge in [0.1, 0.15) is 5.82 Å². The molecule has 0 saturated heterocycles. The van der Waals surface area contributed by atoms with Gasteiger partial charge in [0.05, 0.1) is 6.04 Å². The van der Waals surface area contributed by atoms with E-state index in [9.17, 15) is 17.6 Å². The fourth-order valence-corrected chi connectivity index (χ4v) is 2.71. The summed E-state index contributed by atoms with van der Waals surface area (Å²) in [6, 6.07) is 5.39. The Balaban J connectivity index is 2.39. The lowest BCUT2D eigenvalue weighted by Crippen LogP contribution is -2.22. The highest BCUT2D eigenvalue weighted by Crippen LogP contribution is 2.36. The minimum absolute atomic E-state index is 0.312. The van der Waals surface area contributed by atoms with Crippen molar-refractivity contribution in [3.05, 3.63) is 51.7 Å². The summed E-state index contributed by atoms with van der Waals surface area (Å²) in [6.45, 7) is 2.30. The van der Waals surface area contributed by atoms with Gasteiger partial charge in [-0.25, -0.2) is 9.37 Å². The second-order valence-electron chi connectivity index (χ2n) is 4.08. The van der Waals surface area contributed by atoms with Gasteiger partial charge in [-0.05, 0) is 12.6 Å². The average Bonchev–Trinajstić information content (AvgIpc) is 2.86. The van der Waals surface area contributed by atoms with Crippen molar-refractivity contribution in [2.24, 2.45) is 0 Å². The van der Waals surface area contributed by atoms with Gasteiger partial charge in [-0.2, -0.15) is 13.2 Å². The molecule has 1 atom stereocenters. The predicted molar refractivity (Wildman–Crippen MR) is 69.0 cm³/mol. The van der Waals surface area contributed by atoms with E-state index in [0.29, 0.717) is 28.3 Å². The van der Waals surface area contributed by atoms with Gasteiger partial charge in [-0.15, -0.1) is 11.3 Å². The number of alkyl halides is 3. The maximum Gasteiger partial charge on any atom is 0.443 e. The van der Waals surface area contributed by atoms with Gasteiger partial charge in [-0.1, -0.05) is 25.1 Å². The van der Waals surface area contributed by atoms with Gasteiger partial charge in [0, 0.05) is 16.6 Å². The van der Waals surface area contributed by atoms with Gasteiger partial charge in [0.2, 0.25) is 0 Å². The zero-order chi connectivity index (χ0) is 14.8. The van der Waals surface area contributed by atoms with E-state index in [1.807, 2.05) is 0 Å². The first-order chi connectivity index (χ1) is 9.43. The Labute approximate surface area is 117 Å². The van der Waals surface area contributed by atoms with Crippen LogP contribution in [0, 0.1) is 5.82 Å². The van der Waals surface area contributed by atoms with Gasteiger partial charge in [-0.3, -0.25) is 0 Å². The van der Waals surface area contributed by atoms with Crippen LogP contribution in [0.2, 0.25) is 0 Å². The second kappa shape index (κ2) is 5.88. The number of rotatable bonds is 4. The molecule has 1 unspecified atom stereocenters. The van der Waals surface area contributed by atoms with Crippen LogP contribution in [0.15, 0.2) is 30.5 Å². The van der Waals surface area contributed by atoms with E-state index in [1.54, 1.807) is 19.1 Å². The van der Waals surface area contributed by atoms with Gasteiger partial charge in [0.25, 0.3) is 0 Å². The van der Waals surface area contributed by atoms with Crippen molar-refractivity contribution in [1.29, 1.82) is 0 Å². The molecule has 1 heterocycles. The molecule has 0 radical (unpaired) electrons. The normalized spacial score (nSPS) is 13.4. The molecule has 0 amide bonds. The number of nitrogens with one attached hydrogen (secondary N) is 1. The van der Waals surface area contributed by atoms with Gasteiger partial charge < -0.3 is 5.32 Å². The Bertz CT molecular complexity index is 580. The number of benzene rings is 1. The standard InChI is InChI=1S/C13H12F4N2S/c1-2-18-11(8-5-3-4-6-9(8)14)10-7-19-12(20-10)13(15,16)17/h3-7,11,18H,2H2,1H3. The van der Waals surface area contributed by atoms with E-state index < -0.39 is 23.0 Å². The summed E-state index contributed by atoms with van der Waals surface area (Å²) >= 11 is 0.526. The highest BCUT2D eigenvalue weighted by atomic mass is 32.1. The third-order valence-corrected chi connectivity index (χ3v) is 3.78. The monoisotopic (exact) mass is 304 g/mol. The largest absolute Gasteiger partial charge is 0.443 e. The lowest BCUT2D eigenvalue weighted by atomic mass is 10.1. The van der Waals surface area contributed by atoms with Gasteiger partial charge in [0.15, 0.2) is 5.01 Å². The summed E-state index contributed by atoms with van der Waals surface area (Å²) in [7, 11) is 0. The predicted octanol–water partition coefficient (Wildman–Crippen LogP) is 4.00. The van der Waals surface area contributed by atoms with Crippen LogP contribution in [-0.2, 0) is 6.18 Å². The molecular weight excluding hydrogens is 292 g/mol. The van der Waals surface area contributed by atoms with E-state index >= 15 is 0 Å². The number of nitrogens with zero attached hydrogens (tertiary/aromatic N) is 1. The van der Waals surface area contributed by atoms with Crippen LogP contribution >= 0.6 is 11.3 Å². The quantitative estimate of drug-likeness (QED) is 0.864. The molecule has 0 fully saturated rings. The van der Waals surface area contributed by atoms with Crippen LogP contribution in [0.4, 0.5) is 17.6 Å². The highest BCUT2D eigenvalue weighted by molar-refractivity contribution is 7.11. The Morgan fingerprint density at radius 2 is 2.00 bits per heavy atom. The van der Waals surface area contributed by atoms with Crippen molar-refractivity contribution >= 4 is 11.3 Å². The maximum atomic E-state index is 13.8. The maximum absolute atomic E-state index is 13.8. The summed E-state index contributed by atoms with van der Waals surface area (Å²) in [5, 5.41) is 2.06. The van der Waals surface area contributed by atoms with Crippen molar-refractivity contribution in [2.75, 3.05) is 6.54 Å². The van der Waals surface area contributed by atoms with Crippen molar-refractivity contribution in [2.45, 2.75) is 19.1 Å². The van der Waals surface area contributed by atoms with E-state index in [4.69, 9.17) is 0 Å². The molecule has 2 aromatic rings. The van der Waals surface area contributed by atoms with E-state index in [-0.39, 0.29) is 0 Å². The average molecular weight is 304 g/mol. The smallest absolute Gasteiger partial charge is 0.306 e. The summed E-state index contributed by atoms with van der Waals surface area (Å²) in [4.78, 5) is 3.71. The van der Waals surface area contributed by atoms with E-state index in [1.165, 1.54) is 12.1 Å². The third-order valence-electron chi connectivity index (χ3n) is 2.68. The molecule has 2 nitrogen and oxygen atoms in total. The zero-order valence-corrected chi connectivity index (χ0v) is 11.4. The molecule has 0 aliphatic rings. The molecule has 0 aliphatic carbocycles. The Hall–Kier alpha value is -1.47. The third kappa shape index (κ3) is 3.16. The molecule has 20 heavy (non-hydrogen) atoms. The highest BCUT2D eigenvalue weighted by Gasteiger charge is 2.35. The fourth-order valence-electron chi connectivity index (χ4n) is 1.83. The molecular formula is C13H12F4N2S. The van der Waals surface area contributed by atoms with Crippen LogP contribution in [0.1, 0.15) is 28.4 Å². The molecule has 0 aliphatic heterocycles. The summed E-state index contributed by atoms with van der Waals surface area (Å²) in [6.07, 6.45) is -3.33. The molecule has 0 spiro atoms. The summed E-state index contributed by atoms with van der Waals surface area (Å²) in [5.74, 6) is -0.458. The Morgan fingerprint density at radius 1 is 1.30 bits per heavy atom. The Morgan fingerprint density at radius 3 is 2.55 bits per heavy atom. The van der Waals surface area contributed by atoms with Gasteiger partial charge >= 0.3 is 6.18 Å². The minimum atomic E-state index is -4.48. The molecule has 0 bridgehead atoms.